The number of para-hydroxylation sites is 1. The summed E-state index contributed by atoms with van der Waals surface area (Å²) in [6, 6.07) is 24.2. The van der Waals surface area contributed by atoms with Crippen LogP contribution in [0.2, 0.25) is 0 Å². The lowest BCUT2D eigenvalue weighted by molar-refractivity contribution is -0.138. The van der Waals surface area contributed by atoms with Gasteiger partial charge in [-0.25, -0.2) is 9.79 Å². The molecule has 0 aliphatic carbocycles. The van der Waals surface area contributed by atoms with Crippen LogP contribution in [0.15, 0.2) is 100 Å². The molecule has 1 heterocycles. The first-order valence-electron chi connectivity index (χ1n) is 11.4. The number of hydrogen-bond donors (Lipinski definition) is 1. The average molecular weight is 500 g/mol. The molecule has 3 aromatic carbocycles. The number of benzene rings is 3. The average Bonchev–Trinajstić information content (AvgIpc) is 3.18. The van der Waals surface area contributed by atoms with Crippen molar-refractivity contribution in [3.8, 4) is 5.75 Å². The van der Waals surface area contributed by atoms with Crippen molar-refractivity contribution in [2.45, 2.75) is 20.5 Å². The highest BCUT2D eigenvalue weighted by Gasteiger charge is 2.34. The third-order valence-electron chi connectivity index (χ3n) is 5.39. The number of aliphatic hydroxyl groups is 1. The summed E-state index contributed by atoms with van der Waals surface area (Å²) < 4.78 is 11.1. The van der Waals surface area contributed by atoms with Gasteiger partial charge in [-0.15, -0.1) is 0 Å². The smallest absolute Gasteiger partial charge is 0.344 e. The molecule has 0 atom stereocenters. The fourth-order valence-electron chi connectivity index (χ4n) is 3.56. The van der Waals surface area contributed by atoms with E-state index in [4.69, 9.17) is 9.47 Å². The summed E-state index contributed by atoms with van der Waals surface area (Å²) in [5, 5.41) is 11.1. The number of aliphatic imine (C=N–C) groups is 1. The van der Waals surface area contributed by atoms with E-state index in [0.29, 0.717) is 28.4 Å². The Morgan fingerprint density at radius 3 is 2.42 bits per heavy atom. The maximum absolute atomic E-state index is 12.9. The molecular formula is C29H25NO5S. The summed E-state index contributed by atoms with van der Waals surface area (Å²) in [6.07, 6.45) is 1.71. The second kappa shape index (κ2) is 11.6. The van der Waals surface area contributed by atoms with Gasteiger partial charge in [-0.2, -0.15) is 0 Å². The van der Waals surface area contributed by atoms with Gasteiger partial charge in [0.15, 0.2) is 0 Å². The van der Waals surface area contributed by atoms with Gasteiger partial charge in [0.05, 0.1) is 11.5 Å². The Balaban J connectivity index is 1.67. The van der Waals surface area contributed by atoms with Crippen LogP contribution in [-0.2, 0) is 16.1 Å². The summed E-state index contributed by atoms with van der Waals surface area (Å²) in [5.74, 6) is -0.914. The SMILES string of the molecule is CCOC(=O)C1=C(O)/C(=C/c2ccccc2OCc2ccccc2)SC1=NC(=O)c1ccccc1C. The van der Waals surface area contributed by atoms with Crippen LogP contribution < -0.4 is 4.74 Å². The van der Waals surface area contributed by atoms with Crippen LogP contribution in [0.5, 0.6) is 5.75 Å². The lowest BCUT2D eigenvalue weighted by atomic mass is 10.1. The van der Waals surface area contributed by atoms with E-state index >= 15 is 0 Å². The number of esters is 1. The third-order valence-corrected chi connectivity index (χ3v) is 6.41. The molecule has 1 aliphatic heterocycles. The van der Waals surface area contributed by atoms with Crippen molar-refractivity contribution in [2.75, 3.05) is 6.61 Å². The lowest BCUT2D eigenvalue weighted by Gasteiger charge is -2.10. The zero-order valence-electron chi connectivity index (χ0n) is 19.9. The number of ether oxygens (including phenoxy) is 2. The number of nitrogens with zero attached hydrogens (tertiary/aromatic N) is 1. The topological polar surface area (TPSA) is 85.2 Å². The maximum Gasteiger partial charge on any atom is 0.344 e. The summed E-state index contributed by atoms with van der Waals surface area (Å²) in [7, 11) is 0. The Labute approximate surface area is 214 Å². The summed E-state index contributed by atoms with van der Waals surface area (Å²) in [5.41, 5.74) is 2.79. The van der Waals surface area contributed by atoms with Crippen LogP contribution in [0.1, 0.15) is 34.0 Å². The minimum Gasteiger partial charge on any atom is -0.506 e. The molecule has 0 aromatic heterocycles. The summed E-state index contributed by atoms with van der Waals surface area (Å²) in [6.45, 7) is 3.98. The Hall–Kier alpha value is -4.10. The first kappa shape index (κ1) is 25.0. The van der Waals surface area contributed by atoms with Crippen LogP contribution in [-0.4, -0.2) is 28.6 Å². The zero-order valence-corrected chi connectivity index (χ0v) is 20.7. The van der Waals surface area contributed by atoms with Crippen molar-refractivity contribution in [3.63, 3.8) is 0 Å². The lowest BCUT2D eigenvalue weighted by Crippen LogP contribution is -2.14. The van der Waals surface area contributed by atoms with E-state index in [1.165, 1.54) is 0 Å². The van der Waals surface area contributed by atoms with Gasteiger partial charge in [0, 0.05) is 11.1 Å². The highest BCUT2D eigenvalue weighted by atomic mass is 32.2. The predicted octanol–water partition coefficient (Wildman–Crippen LogP) is 6.28. The molecule has 7 heteroatoms. The van der Waals surface area contributed by atoms with Gasteiger partial charge in [0.25, 0.3) is 5.91 Å². The number of hydrogen-bond acceptors (Lipinski definition) is 6. The number of rotatable bonds is 7. The molecule has 36 heavy (non-hydrogen) atoms. The van der Waals surface area contributed by atoms with Gasteiger partial charge >= 0.3 is 5.97 Å². The molecular weight excluding hydrogens is 474 g/mol. The standard InChI is InChI=1S/C29H25NO5S/c1-3-34-29(33)25-26(31)24(36-28(25)30-27(32)22-15-9-7-11-19(22)2)17-21-14-8-10-16-23(21)35-18-20-12-5-4-6-13-20/h4-17,31H,3,18H2,1-2H3/b24-17-,30-28?. The fraction of sp³-hybridized carbons (Fsp3) is 0.138. The minimum atomic E-state index is -0.740. The third kappa shape index (κ3) is 5.75. The van der Waals surface area contributed by atoms with Gasteiger partial charge in [0.2, 0.25) is 0 Å². The van der Waals surface area contributed by atoms with Crippen LogP contribution in [0, 0.1) is 6.92 Å². The molecule has 6 nitrogen and oxygen atoms in total. The molecule has 0 saturated heterocycles. The van der Waals surface area contributed by atoms with Crippen molar-refractivity contribution < 1.29 is 24.2 Å². The molecule has 0 fully saturated rings. The zero-order chi connectivity index (χ0) is 25.5. The molecule has 1 amide bonds. The molecule has 182 valence electrons. The van der Waals surface area contributed by atoms with Gasteiger partial charge in [0.1, 0.15) is 28.7 Å². The van der Waals surface area contributed by atoms with E-state index in [1.54, 1.807) is 25.1 Å². The molecule has 3 aromatic rings. The predicted molar refractivity (Wildman–Crippen MR) is 142 cm³/mol. The van der Waals surface area contributed by atoms with Gasteiger partial charge in [-0.1, -0.05) is 78.5 Å². The van der Waals surface area contributed by atoms with E-state index < -0.39 is 11.9 Å². The molecule has 0 spiro atoms. The second-order valence-electron chi connectivity index (χ2n) is 7.90. The summed E-state index contributed by atoms with van der Waals surface area (Å²) >= 11 is 1.04. The fourth-order valence-corrected chi connectivity index (χ4v) is 4.57. The van der Waals surface area contributed by atoms with E-state index in [2.05, 4.69) is 4.99 Å². The van der Waals surface area contributed by atoms with Crippen molar-refractivity contribution in [2.24, 2.45) is 4.99 Å². The van der Waals surface area contributed by atoms with Crippen LogP contribution >= 0.6 is 11.8 Å². The van der Waals surface area contributed by atoms with Crippen molar-refractivity contribution in [1.82, 2.24) is 0 Å². The quantitative estimate of drug-likeness (QED) is 0.385. The Morgan fingerprint density at radius 2 is 1.67 bits per heavy atom. The van der Waals surface area contributed by atoms with Gasteiger partial charge in [-0.05, 0) is 43.2 Å². The van der Waals surface area contributed by atoms with Crippen LogP contribution in [0.4, 0.5) is 0 Å². The molecule has 0 radical (unpaired) electrons. The molecule has 0 saturated carbocycles. The highest BCUT2D eigenvalue weighted by molar-refractivity contribution is 8.18. The van der Waals surface area contributed by atoms with Crippen molar-refractivity contribution >= 4 is 34.8 Å². The monoisotopic (exact) mass is 499 g/mol. The van der Waals surface area contributed by atoms with E-state index in [-0.39, 0.29) is 23.0 Å². The number of carbonyl (C=O) groups is 2. The summed E-state index contributed by atoms with van der Waals surface area (Å²) in [4.78, 5) is 30.1. The maximum atomic E-state index is 12.9. The Morgan fingerprint density at radius 1 is 0.972 bits per heavy atom. The molecule has 0 bridgehead atoms. The van der Waals surface area contributed by atoms with Crippen LogP contribution in [0.3, 0.4) is 0 Å². The Kier molecular flexibility index (Phi) is 8.02. The number of amides is 1. The molecule has 1 N–H and O–H groups in total. The van der Waals surface area contributed by atoms with E-state index in [1.807, 2.05) is 73.7 Å². The second-order valence-corrected chi connectivity index (χ2v) is 8.93. The minimum absolute atomic E-state index is 0.0909. The van der Waals surface area contributed by atoms with E-state index in [0.717, 1.165) is 22.9 Å². The largest absolute Gasteiger partial charge is 0.506 e. The first-order valence-corrected chi connectivity index (χ1v) is 12.2. The van der Waals surface area contributed by atoms with Crippen molar-refractivity contribution in [1.29, 1.82) is 0 Å². The number of carbonyl (C=O) groups excluding carboxylic acids is 2. The first-order chi connectivity index (χ1) is 17.5. The number of thioether (sulfide) groups is 1. The van der Waals surface area contributed by atoms with Gasteiger partial charge in [-0.3, -0.25) is 4.79 Å². The van der Waals surface area contributed by atoms with Gasteiger partial charge < -0.3 is 14.6 Å². The van der Waals surface area contributed by atoms with Crippen molar-refractivity contribution in [3.05, 3.63) is 117 Å². The van der Waals surface area contributed by atoms with E-state index in [9.17, 15) is 14.7 Å². The van der Waals surface area contributed by atoms with Crippen LogP contribution in [0.25, 0.3) is 6.08 Å². The Bertz CT molecular complexity index is 1380. The molecule has 1 aliphatic rings. The molecule has 0 unspecified atom stereocenters. The highest BCUT2D eigenvalue weighted by Crippen LogP contribution is 2.40. The number of aliphatic hydroxyl groups excluding tert-OH is 1. The number of aryl methyl sites for hydroxylation is 1. The normalized spacial score (nSPS) is 15.4. The molecule has 4 rings (SSSR count).